The van der Waals surface area contributed by atoms with Crippen LogP contribution in [-0.4, -0.2) is 0 Å². The molecule has 2 aromatic rings. The van der Waals surface area contributed by atoms with Gasteiger partial charge in [0, 0.05) is 0 Å². The lowest BCUT2D eigenvalue weighted by Gasteiger charge is -2.10. The second-order valence-electron chi connectivity index (χ2n) is 3.60. The second kappa shape index (κ2) is 4.71. The summed E-state index contributed by atoms with van der Waals surface area (Å²) >= 11 is 0. The number of rotatable bonds is 3. The molecule has 0 bridgehead atoms. The third-order valence-electron chi connectivity index (χ3n) is 2.51. The molecule has 2 rings (SSSR count). The molecule has 16 heavy (non-hydrogen) atoms. The topological polar surface area (TPSA) is 35.2 Å². The van der Waals surface area contributed by atoms with Crippen LogP contribution in [0, 0.1) is 0 Å². The van der Waals surface area contributed by atoms with E-state index < -0.39 is 0 Å². The van der Waals surface area contributed by atoms with Crippen molar-refractivity contribution in [3.63, 3.8) is 0 Å². The number of aryl methyl sites for hydroxylation is 1. The van der Waals surface area contributed by atoms with Gasteiger partial charge in [-0.25, -0.2) is 0 Å². The number of hydrogen-bond acceptors (Lipinski definition) is 2. The molecular formula is C14H15NO. The Morgan fingerprint density at radius 1 is 1.00 bits per heavy atom. The van der Waals surface area contributed by atoms with Crippen molar-refractivity contribution in [3.8, 4) is 11.5 Å². The molecule has 0 radical (unpaired) electrons. The average molecular weight is 213 g/mol. The van der Waals surface area contributed by atoms with Gasteiger partial charge in [0.05, 0.1) is 5.69 Å². The molecule has 0 aliphatic heterocycles. The van der Waals surface area contributed by atoms with E-state index in [4.69, 9.17) is 10.5 Å². The molecular weight excluding hydrogens is 198 g/mol. The number of nitrogens with two attached hydrogens (primary N) is 1. The number of hydrogen-bond donors (Lipinski definition) is 1. The second-order valence-corrected chi connectivity index (χ2v) is 3.60. The minimum absolute atomic E-state index is 0.727. The Balaban J connectivity index is 2.28. The number of para-hydroxylation sites is 2. The van der Waals surface area contributed by atoms with Crippen LogP contribution in [0.1, 0.15) is 12.5 Å². The average Bonchev–Trinajstić information content (AvgIpc) is 2.33. The van der Waals surface area contributed by atoms with Crippen LogP contribution >= 0.6 is 0 Å². The van der Waals surface area contributed by atoms with E-state index >= 15 is 0 Å². The van der Waals surface area contributed by atoms with Crippen LogP contribution in [0.5, 0.6) is 11.5 Å². The maximum atomic E-state index is 6.02. The number of benzene rings is 2. The van der Waals surface area contributed by atoms with E-state index in [2.05, 4.69) is 6.92 Å². The Kier molecular flexibility index (Phi) is 3.10. The summed E-state index contributed by atoms with van der Waals surface area (Å²) < 4.78 is 5.73. The van der Waals surface area contributed by atoms with Crippen molar-refractivity contribution >= 4 is 5.69 Å². The van der Waals surface area contributed by atoms with Gasteiger partial charge in [-0.1, -0.05) is 37.3 Å². The van der Waals surface area contributed by atoms with Crippen molar-refractivity contribution < 1.29 is 4.74 Å². The Bertz CT molecular complexity index is 465. The quantitative estimate of drug-likeness (QED) is 0.790. The van der Waals surface area contributed by atoms with E-state index in [1.807, 2.05) is 48.5 Å². The fourth-order valence-corrected chi connectivity index (χ4v) is 1.60. The highest BCUT2D eigenvalue weighted by atomic mass is 16.5. The largest absolute Gasteiger partial charge is 0.455 e. The fraction of sp³-hybridized carbons (Fsp3) is 0.143. The normalized spacial score (nSPS) is 10.1. The number of ether oxygens (including phenoxy) is 1. The van der Waals surface area contributed by atoms with Gasteiger partial charge in [0.25, 0.3) is 0 Å². The third-order valence-corrected chi connectivity index (χ3v) is 2.51. The van der Waals surface area contributed by atoms with Gasteiger partial charge in [0.2, 0.25) is 0 Å². The van der Waals surface area contributed by atoms with E-state index in [-0.39, 0.29) is 0 Å². The van der Waals surface area contributed by atoms with Gasteiger partial charge >= 0.3 is 0 Å². The predicted molar refractivity (Wildman–Crippen MR) is 66.7 cm³/mol. The highest BCUT2D eigenvalue weighted by Crippen LogP contribution is 2.29. The van der Waals surface area contributed by atoms with Gasteiger partial charge in [-0.15, -0.1) is 0 Å². The van der Waals surface area contributed by atoms with E-state index in [1.165, 1.54) is 0 Å². The molecule has 2 nitrogen and oxygen atoms in total. The van der Waals surface area contributed by atoms with Gasteiger partial charge < -0.3 is 10.5 Å². The van der Waals surface area contributed by atoms with Crippen LogP contribution in [0.25, 0.3) is 0 Å². The molecule has 0 aliphatic rings. The summed E-state index contributed by atoms with van der Waals surface area (Å²) in [6.45, 7) is 2.08. The molecule has 0 heterocycles. The maximum absolute atomic E-state index is 6.02. The van der Waals surface area contributed by atoms with Crippen molar-refractivity contribution in [1.82, 2.24) is 0 Å². The summed E-state index contributed by atoms with van der Waals surface area (Å²) in [7, 11) is 0. The van der Waals surface area contributed by atoms with Gasteiger partial charge in [-0.05, 0) is 30.2 Å². The minimum atomic E-state index is 0.727. The molecule has 0 fully saturated rings. The zero-order chi connectivity index (χ0) is 11.4. The SMILES string of the molecule is CCc1cccc(Oc2ccccc2)c1N. The molecule has 0 amide bonds. The van der Waals surface area contributed by atoms with Crippen LogP contribution in [0.15, 0.2) is 48.5 Å². The Morgan fingerprint density at radius 3 is 2.44 bits per heavy atom. The first kappa shape index (κ1) is 10.6. The van der Waals surface area contributed by atoms with Crippen molar-refractivity contribution in [3.05, 3.63) is 54.1 Å². The van der Waals surface area contributed by atoms with Crippen molar-refractivity contribution in [2.45, 2.75) is 13.3 Å². The molecule has 2 heteroatoms. The van der Waals surface area contributed by atoms with E-state index in [0.717, 1.165) is 29.2 Å². The Hall–Kier alpha value is -1.96. The van der Waals surface area contributed by atoms with Gasteiger partial charge in [0.1, 0.15) is 5.75 Å². The van der Waals surface area contributed by atoms with Crippen molar-refractivity contribution in [2.24, 2.45) is 0 Å². The summed E-state index contributed by atoms with van der Waals surface area (Å²) in [6, 6.07) is 15.5. The predicted octanol–water partition coefficient (Wildman–Crippen LogP) is 3.62. The van der Waals surface area contributed by atoms with Gasteiger partial charge in [-0.3, -0.25) is 0 Å². The van der Waals surface area contributed by atoms with Crippen LogP contribution in [0.4, 0.5) is 5.69 Å². The molecule has 2 N–H and O–H groups in total. The van der Waals surface area contributed by atoms with Gasteiger partial charge in [0.15, 0.2) is 5.75 Å². The molecule has 0 atom stereocenters. The zero-order valence-electron chi connectivity index (χ0n) is 9.31. The number of anilines is 1. The maximum Gasteiger partial charge on any atom is 0.150 e. The molecule has 0 unspecified atom stereocenters. The standard InChI is InChI=1S/C14H15NO/c1-2-11-7-6-10-13(14(11)15)16-12-8-4-3-5-9-12/h3-10H,2,15H2,1H3. The molecule has 2 aromatic carbocycles. The smallest absolute Gasteiger partial charge is 0.150 e. The highest BCUT2D eigenvalue weighted by molar-refractivity contribution is 5.59. The Morgan fingerprint density at radius 2 is 1.75 bits per heavy atom. The monoisotopic (exact) mass is 213 g/mol. The van der Waals surface area contributed by atoms with Crippen LogP contribution < -0.4 is 10.5 Å². The van der Waals surface area contributed by atoms with Crippen LogP contribution in [-0.2, 0) is 6.42 Å². The first-order chi connectivity index (χ1) is 7.81. The molecule has 0 spiro atoms. The van der Waals surface area contributed by atoms with Crippen LogP contribution in [0.2, 0.25) is 0 Å². The van der Waals surface area contributed by atoms with Crippen molar-refractivity contribution in [2.75, 3.05) is 5.73 Å². The first-order valence-electron chi connectivity index (χ1n) is 5.41. The summed E-state index contributed by atoms with van der Waals surface area (Å²) in [4.78, 5) is 0. The lowest BCUT2D eigenvalue weighted by molar-refractivity contribution is 0.484. The first-order valence-corrected chi connectivity index (χ1v) is 5.41. The third kappa shape index (κ3) is 2.16. The summed E-state index contributed by atoms with van der Waals surface area (Å²) in [5.41, 5.74) is 7.87. The summed E-state index contributed by atoms with van der Waals surface area (Å²) in [5, 5.41) is 0. The molecule has 82 valence electrons. The fourth-order valence-electron chi connectivity index (χ4n) is 1.60. The van der Waals surface area contributed by atoms with Crippen LogP contribution in [0.3, 0.4) is 0 Å². The van der Waals surface area contributed by atoms with E-state index in [9.17, 15) is 0 Å². The highest BCUT2D eigenvalue weighted by Gasteiger charge is 2.04. The van der Waals surface area contributed by atoms with Gasteiger partial charge in [-0.2, -0.15) is 0 Å². The lowest BCUT2D eigenvalue weighted by atomic mass is 10.1. The van der Waals surface area contributed by atoms with Crippen molar-refractivity contribution in [1.29, 1.82) is 0 Å². The Labute approximate surface area is 95.7 Å². The molecule has 0 saturated carbocycles. The zero-order valence-corrected chi connectivity index (χ0v) is 9.31. The minimum Gasteiger partial charge on any atom is -0.455 e. The summed E-state index contributed by atoms with van der Waals surface area (Å²) in [6.07, 6.45) is 0.915. The molecule has 0 aliphatic carbocycles. The molecule has 0 saturated heterocycles. The van der Waals surface area contributed by atoms with E-state index in [1.54, 1.807) is 0 Å². The lowest BCUT2D eigenvalue weighted by Crippen LogP contribution is -1.96. The molecule has 0 aromatic heterocycles. The number of nitrogen functional groups attached to an aromatic ring is 1. The summed E-state index contributed by atoms with van der Waals surface area (Å²) in [5.74, 6) is 1.54. The van der Waals surface area contributed by atoms with E-state index in [0.29, 0.717) is 0 Å².